The maximum Gasteiger partial charge on any atom is 0.426 e. The third-order valence-corrected chi connectivity index (χ3v) is 4.26. The Bertz CT molecular complexity index is 653. The summed E-state index contributed by atoms with van der Waals surface area (Å²) in [5.41, 5.74) is -0.247. The molecule has 8 heteroatoms. The number of carbonyl (C=O) groups is 1. The molecule has 21 heavy (non-hydrogen) atoms. The number of hydrogen-bond donors (Lipinski definition) is 0. The van der Waals surface area contributed by atoms with Gasteiger partial charge in [0, 0.05) is 5.02 Å². The highest BCUT2D eigenvalue weighted by Gasteiger charge is 2.45. The van der Waals surface area contributed by atoms with Gasteiger partial charge in [0.15, 0.2) is 0 Å². The van der Waals surface area contributed by atoms with Gasteiger partial charge in [-0.1, -0.05) is 23.7 Å². The number of hydrogen-bond acceptors (Lipinski definition) is 5. The van der Waals surface area contributed by atoms with Crippen LogP contribution in [0.25, 0.3) is 0 Å². The Morgan fingerprint density at radius 1 is 1.43 bits per heavy atom. The Balaban J connectivity index is 2.36. The number of ether oxygens (including phenoxy) is 1. The molecule has 6 nitrogen and oxygen atoms in total. The molecule has 0 spiro atoms. The van der Waals surface area contributed by atoms with E-state index in [0.717, 1.165) is 0 Å². The highest BCUT2D eigenvalue weighted by atomic mass is 35.5. The summed E-state index contributed by atoms with van der Waals surface area (Å²) in [5, 5.41) is 0.445. The van der Waals surface area contributed by atoms with E-state index in [0.29, 0.717) is 14.9 Å². The van der Waals surface area contributed by atoms with E-state index in [-0.39, 0.29) is 6.61 Å². The first-order valence-electron chi connectivity index (χ1n) is 6.27. The quantitative estimate of drug-likeness (QED) is 0.790. The van der Waals surface area contributed by atoms with E-state index in [1.54, 1.807) is 45.0 Å². The lowest BCUT2D eigenvalue weighted by molar-refractivity contribution is 0.0356. The van der Waals surface area contributed by atoms with Crippen molar-refractivity contribution >= 4 is 28.0 Å². The van der Waals surface area contributed by atoms with E-state index in [4.69, 9.17) is 20.5 Å². The fourth-order valence-corrected chi connectivity index (χ4v) is 3.23. The molecule has 116 valence electrons. The van der Waals surface area contributed by atoms with Crippen LogP contribution in [0.3, 0.4) is 0 Å². The van der Waals surface area contributed by atoms with Crippen LogP contribution in [0.5, 0.6) is 0 Å². The third kappa shape index (κ3) is 3.66. The van der Waals surface area contributed by atoms with Crippen molar-refractivity contribution in [3.05, 3.63) is 34.9 Å². The molecule has 1 fully saturated rings. The fourth-order valence-electron chi connectivity index (χ4n) is 1.90. The lowest BCUT2D eigenvalue weighted by atomic mass is 10.1. The van der Waals surface area contributed by atoms with Crippen LogP contribution in [0.1, 0.15) is 32.4 Å². The van der Waals surface area contributed by atoms with Gasteiger partial charge in [0.1, 0.15) is 11.6 Å². The van der Waals surface area contributed by atoms with E-state index < -0.39 is 28.0 Å². The summed E-state index contributed by atoms with van der Waals surface area (Å²) < 4.78 is 34.4. The lowest BCUT2D eigenvalue weighted by Crippen LogP contribution is -2.39. The van der Waals surface area contributed by atoms with Crippen LogP contribution in [-0.2, 0) is 19.2 Å². The van der Waals surface area contributed by atoms with Crippen molar-refractivity contribution in [2.75, 3.05) is 6.61 Å². The van der Waals surface area contributed by atoms with Gasteiger partial charge in [-0.3, -0.25) is 4.18 Å². The molecule has 1 atom stereocenters. The molecule has 2 rings (SSSR count). The fraction of sp³-hybridized carbons (Fsp3) is 0.462. The predicted octanol–water partition coefficient (Wildman–Crippen LogP) is 2.89. The second-order valence-corrected chi connectivity index (χ2v) is 7.51. The molecule has 1 aliphatic heterocycles. The normalized spacial score (nSPS) is 21.3. The highest BCUT2D eigenvalue weighted by Crippen LogP contribution is 2.33. The zero-order chi connectivity index (χ0) is 15.8. The molecule has 1 aromatic carbocycles. The van der Waals surface area contributed by atoms with Crippen molar-refractivity contribution in [2.45, 2.75) is 32.4 Å². The number of halogens is 1. The molecular formula is C13H16ClNO5S. The van der Waals surface area contributed by atoms with Gasteiger partial charge in [0.05, 0.1) is 6.61 Å². The molecule has 0 aromatic heterocycles. The van der Waals surface area contributed by atoms with Crippen LogP contribution in [0, 0.1) is 0 Å². The molecule has 1 heterocycles. The second kappa shape index (κ2) is 5.47. The SMILES string of the molecule is CC(C)(C)OC(=O)N1[C@@H](c2cccc(Cl)c2)COS1(=O)=O. The molecule has 0 saturated carbocycles. The molecule has 0 bridgehead atoms. The Hall–Kier alpha value is -1.31. The summed E-state index contributed by atoms with van der Waals surface area (Å²) in [4.78, 5) is 12.2. The topological polar surface area (TPSA) is 72.9 Å². The van der Waals surface area contributed by atoms with Gasteiger partial charge in [-0.2, -0.15) is 12.7 Å². The Morgan fingerprint density at radius 3 is 2.67 bits per heavy atom. The number of rotatable bonds is 1. The van der Waals surface area contributed by atoms with Gasteiger partial charge >= 0.3 is 16.4 Å². The summed E-state index contributed by atoms with van der Waals surface area (Å²) in [5.74, 6) is 0. The van der Waals surface area contributed by atoms with E-state index in [1.807, 2.05) is 0 Å². The van der Waals surface area contributed by atoms with Crippen molar-refractivity contribution in [3.8, 4) is 0 Å². The van der Waals surface area contributed by atoms with Gasteiger partial charge in [-0.25, -0.2) is 4.79 Å². The number of nitrogens with zero attached hydrogens (tertiary/aromatic N) is 1. The van der Waals surface area contributed by atoms with Crippen molar-refractivity contribution in [3.63, 3.8) is 0 Å². The Morgan fingerprint density at radius 2 is 2.10 bits per heavy atom. The summed E-state index contributed by atoms with van der Waals surface area (Å²) in [6, 6.07) is 5.82. The second-order valence-electron chi connectivity index (χ2n) is 5.59. The first-order chi connectivity index (χ1) is 9.60. The maximum absolute atomic E-state index is 12.2. The zero-order valence-corrected chi connectivity index (χ0v) is 13.4. The summed E-state index contributed by atoms with van der Waals surface area (Å²) in [6.45, 7) is 4.80. The molecule has 1 aromatic rings. The number of carbonyl (C=O) groups excluding carboxylic acids is 1. The van der Waals surface area contributed by atoms with Gasteiger partial charge in [-0.05, 0) is 38.5 Å². The van der Waals surface area contributed by atoms with Crippen molar-refractivity contribution in [1.29, 1.82) is 0 Å². The molecule has 0 unspecified atom stereocenters. The van der Waals surface area contributed by atoms with E-state index in [9.17, 15) is 13.2 Å². The number of benzene rings is 1. The first-order valence-corrected chi connectivity index (χ1v) is 8.02. The summed E-state index contributed by atoms with van der Waals surface area (Å²) in [7, 11) is -4.15. The van der Waals surface area contributed by atoms with Crippen LogP contribution >= 0.6 is 11.6 Å². The van der Waals surface area contributed by atoms with E-state index >= 15 is 0 Å². The van der Waals surface area contributed by atoms with Crippen LogP contribution in [0.4, 0.5) is 4.79 Å². The standard InChI is InChI=1S/C13H16ClNO5S/c1-13(2,3)20-12(16)15-11(8-19-21(15,17)18)9-5-4-6-10(14)7-9/h4-7,11H,8H2,1-3H3/t11-/m1/s1. The van der Waals surface area contributed by atoms with Gasteiger partial charge in [0.25, 0.3) is 0 Å². The van der Waals surface area contributed by atoms with Crippen LogP contribution in [0.15, 0.2) is 24.3 Å². The number of amides is 1. The maximum atomic E-state index is 12.2. The third-order valence-electron chi connectivity index (χ3n) is 2.71. The minimum atomic E-state index is -4.15. The zero-order valence-electron chi connectivity index (χ0n) is 11.9. The Kier molecular flexibility index (Phi) is 4.19. The van der Waals surface area contributed by atoms with Crippen molar-refractivity contribution in [2.24, 2.45) is 0 Å². The minimum Gasteiger partial charge on any atom is -0.443 e. The monoisotopic (exact) mass is 333 g/mol. The first kappa shape index (κ1) is 16.1. The summed E-state index contributed by atoms with van der Waals surface area (Å²) in [6.07, 6.45) is -0.968. The lowest BCUT2D eigenvalue weighted by Gasteiger charge is -2.26. The van der Waals surface area contributed by atoms with Crippen molar-refractivity contribution < 1.29 is 22.1 Å². The Labute approximate surface area is 128 Å². The van der Waals surface area contributed by atoms with E-state index in [2.05, 4.69) is 0 Å². The average Bonchev–Trinajstić information content (AvgIpc) is 2.62. The minimum absolute atomic E-state index is 0.165. The van der Waals surface area contributed by atoms with Crippen LogP contribution < -0.4 is 0 Å². The van der Waals surface area contributed by atoms with Gasteiger partial charge in [0.2, 0.25) is 0 Å². The van der Waals surface area contributed by atoms with E-state index in [1.165, 1.54) is 0 Å². The van der Waals surface area contributed by atoms with Gasteiger partial charge in [-0.15, -0.1) is 0 Å². The molecule has 0 N–H and O–H groups in total. The predicted molar refractivity (Wildman–Crippen MR) is 77.1 cm³/mol. The van der Waals surface area contributed by atoms with Crippen molar-refractivity contribution in [1.82, 2.24) is 4.31 Å². The van der Waals surface area contributed by atoms with Crippen LogP contribution in [0.2, 0.25) is 5.02 Å². The molecule has 1 aliphatic rings. The smallest absolute Gasteiger partial charge is 0.426 e. The summed E-state index contributed by atoms with van der Waals surface area (Å²) >= 11 is 5.90. The molecule has 0 aliphatic carbocycles. The highest BCUT2D eigenvalue weighted by molar-refractivity contribution is 7.85. The largest absolute Gasteiger partial charge is 0.443 e. The molecule has 1 saturated heterocycles. The van der Waals surface area contributed by atoms with Gasteiger partial charge < -0.3 is 4.74 Å². The molecule has 0 radical (unpaired) electrons. The molecule has 1 amide bonds. The average molecular weight is 334 g/mol. The molecular weight excluding hydrogens is 318 g/mol. The van der Waals surface area contributed by atoms with Crippen LogP contribution in [-0.4, -0.2) is 31.0 Å².